The average molecular weight is 447 g/mol. The summed E-state index contributed by atoms with van der Waals surface area (Å²) in [6.07, 6.45) is 4.87. The van der Waals surface area contributed by atoms with E-state index in [1.807, 2.05) is 0 Å². The van der Waals surface area contributed by atoms with Crippen LogP contribution >= 0.6 is 0 Å². The molecule has 0 heterocycles. The Balaban J connectivity index is 2.02. The molecule has 0 N–H and O–H groups in total. The zero-order chi connectivity index (χ0) is 24.3. The molecule has 0 fully saturated rings. The van der Waals surface area contributed by atoms with Crippen molar-refractivity contribution in [3.05, 3.63) is 60.2 Å². The van der Waals surface area contributed by atoms with E-state index in [0.717, 1.165) is 48.4 Å². The van der Waals surface area contributed by atoms with Crippen molar-refractivity contribution >= 4 is 27.5 Å². The topological polar surface area (TPSA) is 26.3 Å². The van der Waals surface area contributed by atoms with Gasteiger partial charge in [-0.1, -0.05) is 103 Å². The third-order valence-electron chi connectivity index (χ3n) is 9.06. The van der Waals surface area contributed by atoms with E-state index in [4.69, 9.17) is 4.74 Å². The summed E-state index contributed by atoms with van der Waals surface area (Å²) in [5.41, 5.74) is 0.558. The molecule has 0 aliphatic rings. The Kier molecular flexibility index (Phi) is 7.56. The van der Waals surface area contributed by atoms with Crippen LogP contribution in [0.3, 0.4) is 0 Å². The zero-order valence-corrected chi connectivity index (χ0v) is 21.8. The van der Waals surface area contributed by atoms with Gasteiger partial charge in [0.15, 0.2) is 0 Å². The number of carbonyl (C=O) groups excluding carboxylic acids is 1. The van der Waals surface area contributed by atoms with Crippen molar-refractivity contribution in [3.63, 3.8) is 0 Å². The molecule has 3 aromatic rings. The van der Waals surface area contributed by atoms with Crippen LogP contribution in [0.15, 0.2) is 54.6 Å². The minimum absolute atomic E-state index is 0.0566. The Morgan fingerprint density at radius 2 is 1.24 bits per heavy atom. The number of hydrogen-bond acceptors (Lipinski definition) is 2. The van der Waals surface area contributed by atoms with Crippen LogP contribution in [0.25, 0.3) is 21.5 Å². The third kappa shape index (κ3) is 4.67. The van der Waals surface area contributed by atoms with E-state index in [9.17, 15) is 4.79 Å². The van der Waals surface area contributed by atoms with E-state index in [0.29, 0.717) is 6.61 Å². The number of carbonyl (C=O) groups is 1. The molecule has 3 rings (SSSR count). The maximum absolute atomic E-state index is 14.0. The first-order valence-corrected chi connectivity index (χ1v) is 12.7. The fourth-order valence-corrected chi connectivity index (χ4v) is 5.48. The van der Waals surface area contributed by atoms with Crippen molar-refractivity contribution in [1.29, 1.82) is 0 Å². The number of fused-ring (bicyclic) bond motifs is 2. The fourth-order valence-electron chi connectivity index (χ4n) is 5.48. The van der Waals surface area contributed by atoms with Gasteiger partial charge in [-0.2, -0.15) is 0 Å². The van der Waals surface area contributed by atoms with Gasteiger partial charge in [0.25, 0.3) is 0 Å². The predicted molar refractivity (Wildman–Crippen MR) is 141 cm³/mol. The molecule has 0 radical (unpaired) electrons. The van der Waals surface area contributed by atoms with Crippen molar-refractivity contribution in [2.75, 3.05) is 0 Å². The highest BCUT2D eigenvalue weighted by molar-refractivity contribution is 6.02. The van der Waals surface area contributed by atoms with Crippen LogP contribution in [-0.4, -0.2) is 5.97 Å². The molecule has 0 spiro atoms. The molecule has 1 unspecified atom stereocenters. The quantitative estimate of drug-likeness (QED) is 0.229. The summed E-state index contributed by atoms with van der Waals surface area (Å²) in [5, 5.41) is 4.68. The summed E-state index contributed by atoms with van der Waals surface area (Å²) in [6, 6.07) is 19.0. The second kappa shape index (κ2) is 9.87. The number of benzene rings is 3. The summed E-state index contributed by atoms with van der Waals surface area (Å²) in [4.78, 5) is 14.0. The van der Waals surface area contributed by atoms with Gasteiger partial charge in [0.2, 0.25) is 0 Å². The number of ether oxygens (including phenoxy) is 1. The first kappa shape index (κ1) is 25.3. The Bertz CT molecular complexity index is 1050. The van der Waals surface area contributed by atoms with Gasteiger partial charge in [-0.3, -0.25) is 4.79 Å². The molecule has 0 amide bonds. The van der Waals surface area contributed by atoms with Gasteiger partial charge in [0.1, 0.15) is 6.61 Å². The maximum Gasteiger partial charge on any atom is 0.312 e. The lowest BCUT2D eigenvalue weighted by molar-refractivity contribution is -0.169. The van der Waals surface area contributed by atoms with Crippen molar-refractivity contribution in [2.45, 2.75) is 87.2 Å². The molecule has 0 bridgehead atoms. The molecule has 0 aromatic heterocycles. The Morgan fingerprint density at radius 3 is 1.70 bits per heavy atom. The summed E-state index contributed by atoms with van der Waals surface area (Å²) < 4.78 is 6.26. The second-order valence-electron chi connectivity index (χ2n) is 10.7. The van der Waals surface area contributed by atoms with Crippen molar-refractivity contribution in [1.82, 2.24) is 0 Å². The Labute approximate surface area is 200 Å². The largest absolute Gasteiger partial charge is 0.460 e. The first-order chi connectivity index (χ1) is 15.7. The SMILES string of the molecule is CCC(C)(CC)CC(C)(C(=O)OCc1c2ccccc2cc2ccccc12)C(C)(CC)CC. The van der Waals surface area contributed by atoms with Crippen LogP contribution in [0.1, 0.15) is 86.1 Å². The Morgan fingerprint density at radius 1 is 0.758 bits per heavy atom. The van der Waals surface area contributed by atoms with Gasteiger partial charge in [0, 0.05) is 5.56 Å². The highest BCUT2D eigenvalue weighted by atomic mass is 16.5. The molecule has 3 aromatic carbocycles. The molecule has 0 aliphatic carbocycles. The van der Waals surface area contributed by atoms with Crippen LogP contribution in [0.5, 0.6) is 0 Å². The lowest BCUT2D eigenvalue weighted by Crippen LogP contribution is -2.47. The maximum atomic E-state index is 14.0. The third-order valence-corrected chi connectivity index (χ3v) is 9.06. The Hall–Kier alpha value is -2.35. The van der Waals surface area contributed by atoms with Crippen molar-refractivity contribution < 1.29 is 9.53 Å². The molecule has 2 nitrogen and oxygen atoms in total. The van der Waals surface area contributed by atoms with E-state index in [2.05, 4.69) is 103 Å². The van der Waals surface area contributed by atoms with Gasteiger partial charge in [0.05, 0.1) is 5.41 Å². The van der Waals surface area contributed by atoms with E-state index >= 15 is 0 Å². The predicted octanol–water partition coefficient (Wildman–Crippen LogP) is 9.09. The summed E-state index contributed by atoms with van der Waals surface area (Å²) >= 11 is 0. The second-order valence-corrected chi connectivity index (χ2v) is 10.7. The van der Waals surface area contributed by atoms with E-state index < -0.39 is 5.41 Å². The summed E-state index contributed by atoms with van der Waals surface area (Å²) in [5.74, 6) is -0.0566. The summed E-state index contributed by atoms with van der Waals surface area (Å²) in [7, 11) is 0. The minimum atomic E-state index is -0.544. The fraction of sp³-hybridized carbons (Fsp3) is 0.516. The highest BCUT2D eigenvalue weighted by Crippen LogP contribution is 2.53. The standard InChI is InChI=1S/C31H42O2/c1-8-29(5,9-2)22-31(7,30(6,10-3)11-4)28(32)33-21-27-25-18-14-12-16-23(25)20-24-17-13-15-19-26(24)27/h12-20H,8-11,21-22H2,1-7H3. The molecular formula is C31H42O2. The lowest BCUT2D eigenvalue weighted by Gasteiger charge is -2.48. The van der Waals surface area contributed by atoms with E-state index in [1.165, 1.54) is 10.8 Å². The van der Waals surface area contributed by atoms with E-state index in [-0.39, 0.29) is 16.8 Å². The molecule has 178 valence electrons. The monoisotopic (exact) mass is 446 g/mol. The van der Waals surface area contributed by atoms with Crippen LogP contribution < -0.4 is 0 Å². The molecule has 33 heavy (non-hydrogen) atoms. The van der Waals surface area contributed by atoms with Gasteiger partial charge in [-0.05, 0) is 64.6 Å². The smallest absolute Gasteiger partial charge is 0.312 e. The number of esters is 1. The molecular weight excluding hydrogens is 404 g/mol. The summed E-state index contributed by atoms with van der Waals surface area (Å²) in [6.45, 7) is 16.0. The lowest BCUT2D eigenvalue weighted by atomic mass is 9.56. The van der Waals surface area contributed by atoms with Crippen LogP contribution in [0.2, 0.25) is 0 Å². The van der Waals surface area contributed by atoms with Crippen molar-refractivity contribution in [2.24, 2.45) is 16.2 Å². The molecule has 2 heteroatoms. The van der Waals surface area contributed by atoms with Gasteiger partial charge in [-0.25, -0.2) is 0 Å². The van der Waals surface area contributed by atoms with Gasteiger partial charge in [-0.15, -0.1) is 0 Å². The molecule has 1 atom stereocenters. The van der Waals surface area contributed by atoms with Crippen LogP contribution in [0.4, 0.5) is 0 Å². The van der Waals surface area contributed by atoms with Crippen LogP contribution in [0, 0.1) is 16.2 Å². The molecule has 0 aliphatic heterocycles. The molecule has 0 saturated carbocycles. The molecule has 0 saturated heterocycles. The normalized spacial score (nSPS) is 14.4. The highest BCUT2D eigenvalue weighted by Gasteiger charge is 2.51. The van der Waals surface area contributed by atoms with Gasteiger partial charge < -0.3 is 4.74 Å². The number of rotatable bonds is 10. The van der Waals surface area contributed by atoms with E-state index in [1.54, 1.807) is 0 Å². The average Bonchev–Trinajstić information content (AvgIpc) is 2.85. The van der Waals surface area contributed by atoms with Gasteiger partial charge >= 0.3 is 5.97 Å². The zero-order valence-electron chi connectivity index (χ0n) is 21.8. The van der Waals surface area contributed by atoms with Crippen LogP contribution in [-0.2, 0) is 16.1 Å². The number of hydrogen-bond donors (Lipinski definition) is 0. The minimum Gasteiger partial charge on any atom is -0.460 e. The first-order valence-electron chi connectivity index (χ1n) is 12.7. The van der Waals surface area contributed by atoms with Crippen molar-refractivity contribution in [3.8, 4) is 0 Å².